The lowest BCUT2D eigenvalue weighted by Crippen LogP contribution is -2.56. The van der Waals surface area contributed by atoms with E-state index in [9.17, 15) is 29.1 Å². The molecule has 368 valence electrons. The van der Waals surface area contributed by atoms with Gasteiger partial charge in [-0.2, -0.15) is 0 Å². The lowest BCUT2D eigenvalue weighted by molar-refractivity contribution is -0.138. The number of anilines is 2. The third-order valence-electron chi connectivity index (χ3n) is 13.7. The van der Waals surface area contributed by atoms with Crippen molar-refractivity contribution in [2.75, 3.05) is 68.7 Å². The van der Waals surface area contributed by atoms with Gasteiger partial charge < -0.3 is 46.5 Å². The molecule has 4 saturated heterocycles. The number of unbranched alkanes of at least 4 members (excludes halogenated alkanes) is 1. The Labute approximate surface area is 405 Å². The van der Waals surface area contributed by atoms with Crippen molar-refractivity contribution in [1.82, 2.24) is 35.0 Å². The summed E-state index contributed by atoms with van der Waals surface area (Å²) in [7, 11) is 0. The molecule has 2 atom stereocenters. The molecular weight excluding hydrogens is 897 g/mol. The number of piperidine rings is 2. The Balaban J connectivity index is 0.652. The Morgan fingerprint density at radius 1 is 0.843 bits per heavy atom. The highest BCUT2D eigenvalue weighted by molar-refractivity contribution is 6.24. The summed E-state index contributed by atoms with van der Waals surface area (Å²) in [5.41, 5.74) is 22.1. The number of ether oxygens (including phenoxy) is 2. The van der Waals surface area contributed by atoms with Crippen LogP contribution < -0.4 is 37.1 Å². The van der Waals surface area contributed by atoms with Crippen LogP contribution in [0.4, 0.5) is 11.4 Å². The normalized spacial score (nSPS) is 20.0. The minimum atomic E-state index is -1.07. The molecule has 0 bridgehead atoms. The fourth-order valence-electron chi connectivity index (χ4n) is 9.87. The zero-order valence-electron chi connectivity index (χ0n) is 39.1. The maximum absolute atomic E-state index is 13.4. The molecular formula is C50H60N12O8. The summed E-state index contributed by atoms with van der Waals surface area (Å²) in [6.07, 6.45) is 7.01. The van der Waals surface area contributed by atoms with E-state index in [1.165, 1.54) is 11.8 Å². The number of aryl methyl sites for hydroxylation is 1. The van der Waals surface area contributed by atoms with Crippen molar-refractivity contribution in [3.05, 3.63) is 113 Å². The molecule has 9 rings (SSSR count). The predicted octanol–water partition coefficient (Wildman–Crippen LogP) is 2.49. The SMILES string of the molecule is NC(N)=C(/C=C(\N)c1ccccc1O)O[C@H]1CCCN(c2ccc(N3CCN(CC4CN(C(=O)CCCCn5cc(COc6cccc7c6C(=O)N(C6CCC(=O)NC6=O)C7=O)nn5)C4)CC3)cc2)C1. The number of nitrogens with zero attached hydrogens (tertiary/aromatic N) is 8. The van der Waals surface area contributed by atoms with Crippen molar-refractivity contribution in [3.63, 3.8) is 0 Å². The highest BCUT2D eigenvalue weighted by atomic mass is 16.5. The smallest absolute Gasteiger partial charge is 0.266 e. The lowest BCUT2D eigenvalue weighted by atomic mass is 9.98. The molecule has 5 aliphatic rings. The second-order valence-electron chi connectivity index (χ2n) is 18.6. The minimum Gasteiger partial charge on any atom is -0.507 e. The van der Waals surface area contributed by atoms with Gasteiger partial charge in [-0.05, 0) is 80.6 Å². The number of carbonyl (C=O) groups excluding carboxylic acids is 5. The summed E-state index contributed by atoms with van der Waals surface area (Å²) in [4.78, 5) is 73.7. The molecule has 20 nitrogen and oxygen atoms in total. The first kappa shape index (κ1) is 47.5. The van der Waals surface area contributed by atoms with Crippen LogP contribution in [0.2, 0.25) is 0 Å². The second kappa shape index (κ2) is 20.9. The van der Waals surface area contributed by atoms with Gasteiger partial charge in [0.05, 0.1) is 23.9 Å². The molecule has 1 aromatic heterocycles. The Kier molecular flexibility index (Phi) is 14.2. The van der Waals surface area contributed by atoms with Crippen LogP contribution in [0.1, 0.15) is 76.9 Å². The van der Waals surface area contributed by atoms with Crippen LogP contribution in [0.3, 0.4) is 0 Å². The quantitative estimate of drug-likeness (QED) is 0.0441. The molecule has 8 N–H and O–H groups in total. The van der Waals surface area contributed by atoms with E-state index in [2.05, 4.69) is 54.6 Å². The first-order chi connectivity index (χ1) is 33.9. The van der Waals surface area contributed by atoms with Crippen molar-refractivity contribution < 1.29 is 38.6 Å². The number of hydrogen-bond acceptors (Lipinski definition) is 16. The molecule has 0 saturated carbocycles. The first-order valence-electron chi connectivity index (χ1n) is 24.0. The third kappa shape index (κ3) is 10.7. The zero-order chi connectivity index (χ0) is 48.9. The van der Waals surface area contributed by atoms with Gasteiger partial charge in [0.15, 0.2) is 5.76 Å². The molecule has 4 aromatic rings. The molecule has 5 aliphatic heterocycles. The highest BCUT2D eigenvalue weighted by Gasteiger charge is 2.46. The van der Waals surface area contributed by atoms with Gasteiger partial charge in [0.25, 0.3) is 11.8 Å². The van der Waals surface area contributed by atoms with Crippen molar-refractivity contribution in [3.8, 4) is 11.5 Å². The monoisotopic (exact) mass is 956 g/mol. The number of para-hydroxylation sites is 1. The van der Waals surface area contributed by atoms with E-state index in [4.69, 9.17) is 26.7 Å². The molecule has 3 aromatic carbocycles. The fraction of sp³-hybridized carbons (Fsp3) is 0.420. The van der Waals surface area contributed by atoms with Crippen LogP contribution in [-0.4, -0.2) is 135 Å². The number of fused-ring (bicyclic) bond motifs is 1. The first-order valence-corrected chi connectivity index (χ1v) is 24.0. The van der Waals surface area contributed by atoms with Crippen LogP contribution in [0.5, 0.6) is 11.5 Å². The van der Waals surface area contributed by atoms with Crippen molar-refractivity contribution in [2.45, 2.75) is 70.2 Å². The number of phenols is 1. The number of benzene rings is 3. The highest BCUT2D eigenvalue weighted by Crippen LogP contribution is 2.34. The van der Waals surface area contributed by atoms with E-state index < -0.39 is 29.7 Å². The summed E-state index contributed by atoms with van der Waals surface area (Å²) in [6.45, 7) is 8.53. The number of imide groups is 2. The largest absolute Gasteiger partial charge is 0.507 e. The summed E-state index contributed by atoms with van der Waals surface area (Å²) in [5.74, 6) is -1.13. The molecule has 4 fully saturated rings. The molecule has 20 heteroatoms. The summed E-state index contributed by atoms with van der Waals surface area (Å²) >= 11 is 0. The van der Waals surface area contributed by atoms with Crippen LogP contribution in [-0.2, 0) is 32.3 Å². The number of phenolic OH excluding ortho intramolecular Hbond substituents is 1. The topological polar surface area (TPSA) is 261 Å². The van der Waals surface area contributed by atoms with E-state index in [-0.39, 0.29) is 59.9 Å². The van der Waals surface area contributed by atoms with E-state index in [1.807, 2.05) is 4.90 Å². The van der Waals surface area contributed by atoms with Crippen LogP contribution >= 0.6 is 0 Å². The van der Waals surface area contributed by atoms with Gasteiger partial charge in [0.2, 0.25) is 17.7 Å². The summed E-state index contributed by atoms with van der Waals surface area (Å²) in [6, 6.07) is 19.2. The number of likely N-dealkylation sites (tertiary alicyclic amines) is 1. The maximum Gasteiger partial charge on any atom is 0.266 e. The molecule has 0 radical (unpaired) electrons. The zero-order valence-corrected chi connectivity index (χ0v) is 39.1. The number of piperazine rings is 1. The number of rotatable bonds is 17. The molecule has 70 heavy (non-hydrogen) atoms. The van der Waals surface area contributed by atoms with Gasteiger partial charge in [-0.1, -0.05) is 23.4 Å². The Hall–Kier alpha value is -7.61. The molecule has 1 unspecified atom stereocenters. The van der Waals surface area contributed by atoms with Crippen molar-refractivity contribution in [1.29, 1.82) is 0 Å². The molecule has 0 aliphatic carbocycles. The number of carbonyl (C=O) groups is 5. The molecule has 0 spiro atoms. The lowest BCUT2D eigenvalue weighted by Gasteiger charge is -2.44. The molecule has 5 amide bonds. The van der Waals surface area contributed by atoms with Gasteiger partial charge in [0, 0.05) is 106 Å². The third-order valence-corrected chi connectivity index (χ3v) is 13.7. The number of aromatic nitrogens is 3. The van der Waals surface area contributed by atoms with Gasteiger partial charge in [0.1, 0.15) is 41.8 Å². The number of nitrogens with two attached hydrogens (primary N) is 3. The van der Waals surface area contributed by atoms with E-state index in [0.29, 0.717) is 48.1 Å². The Morgan fingerprint density at radius 2 is 1.60 bits per heavy atom. The second-order valence-corrected chi connectivity index (χ2v) is 18.6. The van der Waals surface area contributed by atoms with E-state index in [1.54, 1.807) is 53.4 Å². The number of aromatic hydroxyl groups is 1. The van der Waals surface area contributed by atoms with Crippen molar-refractivity contribution >= 4 is 46.6 Å². The van der Waals surface area contributed by atoms with Crippen LogP contribution in [0, 0.1) is 5.92 Å². The van der Waals surface area contributed by atoms with Gasteiger partial charge >= 0.3 is 0 Å². The predicted molar refractivity (Wildman–Crippen MR) is 258 cm³/mol. The van der Waals surface area contributed by atoms with Crippen molar-refractivity contribution in [2.24, 2.45) is 23.1 Å². The maximum atomic E-state index is 13.4. The minimum absolute atomic E-state index is 0.000430. The summed E-state index contributed by atoms with van der Waals surface area (Å²) in [5, 5.41) is 20.8. The average Bonchev–Trinajstić information content (AvgIpc) is 3.91. The van der Waals surface area contributed by atoms with E-state index in [0.717, 1.165) is 88.6 Å². The van der Waals surface area contributed by atoms with Gasteiger partial charge in [-0.3, -0.25) is 43.8 Å². The number of amides is 5. The summed E-state index contributed by atoms with van der Waals surface area (Å²) < 4.78 is 13.9. The van der Waals surface area contributed by atoms with Gasteiger partial charge in [-0.25, -0.2) is 0 Å². The van der Waals surface area contributed by atoms with Crippen LogP contribution in [0.15, 0.2) is 90.6 Å². The number of allylic oxidation sites excluding steroid dienone is 1. The Bertz CT molecular complexity index is 2670. The van der Waals surface area contributed by atoms with Crippen LogP contribution in [0.25, 0.3) is 5.70 Å². The average molecular weight is 957 g/mol. The van der Waals surface area contributed by atoms with Gasteiger partial charge in [-0.15, -0.1) is 5.10 Å². The molecule has 6 heterocycles. The number of hydrogen-bond donors (Lipinski definition) is 5. The fourth-order valence-corrected chi connectivity index (χ4v) is 9.87. The van der Waals surface area contributed by atoms with E-state index >= 15 is 0 Å². The standard InChI is InChI=1S/C50H60N12O8/c51-39(37-8-1-2-10-41(37)63)25-43(47(52)53)70-36-7-6-19-59(30-36)35-15-13-34(14-16-35)58-23-21-57(22-24-58)26-32-27-60(28-32)45(65)12-3-4-20-61-29-33(55-56-61)31-69-42-11-5-9-38-46(42)50(68)62(49(38)67)40-17-18-44(64)54-48(40)66/h1-2,5,8-11,13-16,25,29,32,36,40,63H,3-4,6-7,12,17-24,26-28,30-31,51-53H2,(H,54,64,66)/b39-25-/t36-,40?/m0/s1. The number of nitrogens with one attached hydrogen (secondary N) is 1. The Morgan fingerprint density at radius 3 is 2.34 bits per heavy atom.